The molecule has 0 spiro atoms. The number of nitrogens with two attached hydrogens (primary N) is 1. The first-order valence-corrected chi connectivity index (χ1v) is 6.37. The van der Waals surface area contributed by atoms with Crippen molar-refractivity contribution in [1.82, 2.24) is 20.1 Å². The molecule has 90 valence electrons. The molecule has 7 nitrogen and oxygen atoms in total. The van der Waals surface area contributed by atoms with Crippen LogP contribution in [0, 0.1) is 0 Å². The second kappa shape index (κ2) is 6.21. The Hall–Kier alpha value is -1.44. The summed E-state index contributed by atoms with van der Waals surface area (Å²) in [6.45, 7) is 2.32. The monoisotopic (exact) mass is 245 g/mol. The van der Waals surface area contributed by atoms with Gasteiger partial charge in [0.1, 0.15) is 12.9 Å². The minimum Gasteiger partial charge on any atom is -0.367 e. The van der Waals surface area contributed by atoms with Gasteiger partial charge in [-0.15, -0.1) is 5.10 Å². The van der Waals surface area contributed by atoms with E-state index in [0.29, 0.717) is 18.1 Å². The van der Waals surface area contributed by atoms with Gasteiger partial charge in [-0.3, -0.25) is 9.00 Å². The third-order valence-corrected chi connectivity index (χ3v) is 3.14. The number of nitrogens with one attached hydrogen (secondary N) is 1. The van der Waals surface area contributed by atoms with Crippen LogP contribution in [-0.2, 0) is 22.1 Å². The number of hydrogen-bond acceptors (Lipinski definition) is 5. The second-order valence-electron chi connectivity index (χ2n) is 3.08. The van der Waals surface area contributed by atoms with E-state index >= 15 is 0 Å². The molecule has 1 aromatic rings. The zero-order valence-corrected chi connectivity index (χ0v) is 9.87. The van der Waals surface area contributed by atoms with E-state index in [0.717, 1.165) is 0 Å². The van der Waals surface area contributed by atoms with Crippen molar-refractivity contribution in [2.24, 2.45) is 0 Å². The van der Waals surface area contributed by atoms with Crippen LogP contribution in [0.4, 0.5) is 5.95 Å². The Kier molecular flexibility index (Phi) is 4.90. The number of nitrogen functional groups attached to an aromatic ring is 1. The number of hydrogen-bond donors (Lipinski definition) is 2. The molecule has 0 radical (unpaired) electrons. The summed E-state index contributed by atoms with van der Waals surface area (Å²) in [7, 11) is -0.855. The Labute approximate surface area is 95.9 Å². The van der Waals surface area contributed by atoms with Crippen molar-refractivity contribution in [3.8, 4) is 0 Å². The van der Waals surface area contributed by atoms with Crippen LogP contribution in [-0.4, -0.2) is 42.9 Å². The van der Waals surface area contributed by atoms with E-state index < -0.39 is 10.8 Å². The highest BCUT2D eigenvalue weighted by Crippen LogP contribution is 1.88. The molecular formula is C8H15N5O2S. The zero-order chi connectivity index (χ0) is 12.0. The number of rotatable bonds is 6. The molecule has 1 atom stereocenters. The van der Waals surface area contributed by atoms with Gasteiger partial charge in [-0.05, 0) is 0 Å². The lowest BCUT2D eigenvalue weighted by molar-refractivity contribution is -0.121. The van der Waals surface area contributed by atoms with E-state index in [4.69, 9.17) is 5.73 Å². The molecule has 16 heavy (non-hydrogen) atoms. The van der Waals surface area contributed by atoms with Crippen molar-refractivity contribution in [1.29, 1.82) is 0 Å². The van der Waals surface area contributed by atoms with Crippen LogP contribution >= 0.6 is 0 Å². The molecule has 1 amide bonds. The lowest BCUT2D eigenvalue weighted by Crippen LogP contribution is -2.31. The molecule has 0 aliphatic carbocycles. The Morgan fingerprint density at radius 1 is 1.69 bits per heavy atom. The average molecular weight is 245 g/mol. The highest BCUT2D eigenvalue weighted by atomic mass is 32.2. The van der Waals surface area contributed by atoms with E-state index in [1.165, 1.54) is 11.0 Å². The number of carbonyl (C=O) groups is 1. The van der Waals surface area contributed by atoms with Gasteiger partial charge in [0.15, 0.2) is 0 Å². The SMILES string of the molecule is CCS(=O)CCNC(=O)Cn1cnc(N)n1. The average Bonchev–Trinajstić information content (AvgIpc) is 2.63. The van der Waals surface area contributed by atoms with E-state index in [2.05, 4.69) is 15.4 Å². The molecule has 0 saturated carbocycles. The maximum Gasteiger partial charge on any atom is 0.241 e. The first-order chi connectivity index (χ1) is 7.61. The fraction of sp³-hybridized carbons (Fsp3) is 0.625. The van der Waals surface area contributed by atoms with Crippen molar-refractivity contribution in [2.45, 2.75) is 13.5 Å². The van der Waals surface area contributed by atoms with Gasteiger partial charge in [0.05, 0.1) is 0 Å². The van der Waals surface area contributed by atoms with Gasteiger partial charge in [-0.25, -0.2) is 9.67 Å². The van der Waals surface area contributed by atoms with Crippen LogP contribution in [0.15, 0.2) is 6.33 Å². The first-order valence-electron chi connectivity index (χ1n) is 4.88. The van der Waals surface area contributed by atoms with Gasteiger partial charge in [0.2, 0.25) is 11.9 Å². The largest absolute Gasteiger partial charge is 0.367 e. The highest BCUT2D eigenvalue weighted by Gasteiger charge is 2.04. The van der Waals surface area contributed by atoms with Gasteiger partial charge in [-0.2, -0.15) is 0 Å². The summed E-state index contributed by atoms with van der Waals surface area (Å²) in [6.07, 6.45) is 1.39. The summed E-state index contributed by atoms with van der Waals surface area (Å²) in [5.41, 5.74) is 5.30. The fourth-order valence-corrected chi connectivity index (χ4v) is 1.66. The predicted octanol–water partition coefficient (Wildman–Crippen LogP) is -1.25. The number of anilines is 1. The van der Waals surface area contributed by atoms with Gasteiger partial charge < -0.3 is 11.1 Å². The molecule has 0 fully saturated rings. The Balaban J connectivity index is 2.23. The second-order valence-corrected chi connectivity index (χ2v) is 4.95. The normalized spacial score (nSPS) is 12.3. The van der Waals surface area contributed by atoms with Crippen LogP contribution < -0.4 is 11.1 Å². The Morgan fingerprint density at radius 3 is 3.00 bits per heavy atom. The number of carbonyl (C=O) groups excluding carboxylic acids is 1. The van der Waals surface area contributed by atoms with Crippen molar-refractivity contribution in [2.75, 3.05) is 23.8 Å². The van der Waals surface area contributed by atoms with Crippen molar-refractivity contribution in [3.63, 3.8) is 0 Å². The van der Waals surface area contributed by atoms with Crippen LogP contribution in [0.1, 0.15) is 6.92 Å². The molecule has 1 aromatic heterocycles. The summed E-state index contributed by atoms with van der Waals surface area (Å²) < 4.78 is 12.4. The van der Waals surface area contributed by atoms with E-state index in [9.17, 15) is 9.00 Å². The molecule has 0 saturated heterocycles. The van der Waals surface area contributed by atoms with Crippen LogP contribution in [0.5, 0.6) is 0 Å². The third-order valence-electron chi connectivity index (χ3n) is 1.83. The molecule has 1 unspecified atom stereocenters. The smallest absolute Gasteiger partial charge is 0.241 e. The molecule has 8 heteroatoms. The molecular weight excluding hydrogens is 230 g/mol. The molecule has 0 bridgehead atoms. The predicted molar refractivity (Wildman–Crippen MR) is 61.0 cm³/mol. The summed E-state index contributed by atoms with van der Waals surface area (Å²) in [4.78, 5) is 15.0. The van der Waals surface area contributed by atoms with Crippen molar-refractivity contribution in [3.05, 3.63) is 6.33 Å². The highest BCUT2D eigenvalue weighted by molar-refractivity contribution is 7.84. The van der Waals surface area contributed by atoms with Crippen LogP contribution in [0.2, 0.25) is 0 Å². The molecule has 3 N–H and O–H groups in total. The molecule has 0 aromatic carbocycles. The topological polar surface area (TPSA) is 103 Å². The van der Waals surface area contributed by atoms with Crippen LogP contribution in [0.3, 0.4) is 0 Å². The Bertz CT molecular complexity index is 378. The standard InChI is InChI=1S/C8H15N5O2S/c1-2-16(15)4-3-10-7(14)5-13-6-11-8(9)12-13/h6H,2-5H2,1H3,(H2,9,12)(H,10,14). The lowest BCUT2D eigenvalue weighted by Gasteiger charge is -2.03. The molecule has 1 heterocycles. The van der Waals surface area contributed by atoms with Gasteiger partial charge >= 0.3 is 0 Å². The maximum absolute atomic E-state index is 11.4. The minimum atomic E-state index is -0.855. The first kappa shape index (κ1) is 12.6. The summed E-state index contributed by atoms with van der Waals surface area (Å²) in [5.74, 6) is 1.02. The minimum absolute atomic E-state index is 0.0724. The fourth-order valence-electron chi connectivity index (χ4n) is 1.04. The molecule has 0 aliphatic rings. The zero-order valence-electron chi connectivity index (χ0n) is 9.05. The summed E-state index contributed by atoms with van der Waals surface area (Å²) in [6, 6.07) is 0. The van der Waals surface area contributed by atoms with Gasteiger partial charge in [0, 0.05) is 28.9 Å². The van der Waals surface area contributed by atoms with E-state index in [-0.39, 0.29) is 18.4 Å². The van der Waals surface area contributed by atoms with Crippen LogP contribution in [0.25, 0.3) is 0 Å². The number of nitrogens with zero attached hydrogens (tertiary/aromatic N) is 3. The Morgan fingerprint density at radius 2 is 2.44 bits per heavy atom. The van der Waals surface area contributed by atoms with Gasteiger partial charge in [0.25, 0.3) is 0 Å². The lowest BCUT2D eigenvalue weighted by atomic mass is 10.5. The maximum atomic E-state index is 11.4. The van der Waals surface area contributed by atoms with E-state index in [1.807, 2.05) is 6.92 Å². The van der Waals surface area contributed by atoms with Crippen molar-refractivity contribution < 1.29 is 9.00 Å². The van der Waals surface area contributed by atoms with Gasteiger partial charge in [-0.1, -0.05) is 6.92 Å². The van der Waals surface area contributed by atoms with Crippen molar-refractivity contribution >= 4 is 22.7 Å². The molecule has 1 rings (SSSR count). The van der Waals surface area contributed by atoms with E-state index in [1.54, 1.807) is 0 Å². The third kappa shape index (κ3) is 4.39. The summed E-state index contributed by atoms with van der Waals surface area (Å²) >= 11 is 0. The molecule has 0 aliphatic heterocycles. The quantitative estimate of drug-likeness (QED) is 0.651. The number of amides is 1. The summed E-state index contributed by atoms with van der Waals surface area (Å²) in [5, 5.41) is 6.42. The number of aromatic nitrogens is 3.